The van der Waals surface area contributed by atoms with Crippen LogP contribution in [0.1, 0.15) is 66.2 Å². The molecule has 0 amide bonds. The van der Waals surface area contributed by atoms with Gasteiger partial charge in [-0.15, -0.1) is 0 Å². The zero-order valence-electron chi connectivity index (χ0n) is 21.7. The molecule has 3 heterocycles. The van der Waals surface area contributed by atoms with E-state index in [1.807, 2.05) is 0 Å². The molecule has 1 aromatic rings. The second-order valence-electron chi connectivity index (χ2n) is 11.5. The van der Waals surface area contributed by atoms with Crippen LogP contribution >= 0.6 is 8.53 Å². The van der Waals surface area contributed by atoms with E-state index in [0.717, 1.165) is 19.0 Å². The zero-order chi connectivity index (χ0) is 24.7. The first-order valence-corrected chi connectivity index (χ1v) is 16.4. The van der Waals surface area contributed by atoms with Crippen LogP contribution in [0.25, 0.3) is 0 Å². The standard InChI is InChI=1S/C23H42N3O5PSi/c1-15(2)26-11-10-17(4)30-32(26)31-18-12-20(25-13-16(3)21(27)24-22(25)28)29-19(18)14-33(8,9)23(5,6)7/h13,15,17-20H,10-12,14H2,1-9H3,(H,24,27,28). The third kappa shape index (κ3) is 6.06. The van der Waals surface area contributed by atoms with Crippen LogP contribution in [-0.4, -0.2) is 53.2 Å². The number of aromatic amines is 1. The lowest BCUT2D eigenvalue weighted by atomic mass is 10.2. The van der Waals surface area contributed by atoms with Crippen LogP contribution in [0.3, 0.4) is 0 Å². The van der Waals surface area contributed by atoms with Crippen LogP contribution < -0.4 is 11.2 Å². The molecule has 5 unspecified atom stereocenters. The Balaban J connectivity index is 1.90. The van der Waals surface area contributed by atoms with Crippen LogP contribution in [-0.2, 0) is 13.8 Å². The highest BCUT2D eigenvalue weighted by molar-refractivity contribution is 7.44. The molecule has 0 bridgehead atoms. The fourth-order valence-electron chi connectivity index (χ4n) is 4.09. The topological polar surface area (TPSA) is 85.8 Å². The van der Waals surface area contributed by atoms with Crippen LogP contribution in [0.4, 0.5) is 0 Å². The number of nitrogens with zero attached hydrogens (tertiary/aromatic N) is 2. The van der Waals surface area contributed by atoms with Crippen molar-refractivity contribution in [1.29, 1.82) is 0 Å². The van der Waals surface area contributed by atoms with E-state index in [4.69, 9.17) is 13.8 Å². The van der Waals surface area contributed by atoms with E-state index in [-0.39, 0.29) is 28.9 Å². The summed E-state index contributed by atoms with van der Waals surface area (Å²) in [4.78, 5) is 26.9. The normalized spacial score (nSPS) is 29.7. The highest BCUT2D eigenvalue weighted by Gasteiger charge is 2.46. The summed E-state index contributed by atoms with van der Waals surface area (Å²) in [5, 5.41) is 0.204. The summed E-state index contributed by atoms with van der Waals surface area (Å²) in [6.45, 7) is 20.8. The minimum absolute atomic E-state index is 0.132. The summed E-state index contributed by atoms with van der Waals surface area (Å²) >= 11 is 0. The maximum Gasteiger partial charge on any atom is 0.330 e. The SMILES string of the molecule is Cc1cn(C2CC(OP3OC(C)CCN3C(C)C)C(C[Si](C)(C)C(C)(C)C)O2)c(=O)[nH]c1=O. The van der Waals surface area contributed by atoms with Gasteiger partial charge in [-0.25, -0.2) is 9.46 Å². The summed E-state index contributed by atoms with van der Waals surface area (Å²) in [5.41, 5.74) is -0.316. The molecule has 0 radical (unpaired) electrons. The van der Waals surface area contributed by atoms with E-state index < -0.39 is 28.5 Å². The number of hydrogen-bond donors (Lipinski definition) is 1. The summed E-state index contributed by atoms with van der Waals surface area (Å²) in [6, 6.07) is 1.25. The van der Waals surface area contributed by atoms with E-state index in [1.54, 1.807) is 13.1 Å². The van der Waals surface area contributed by atoms with Crippen LogP contribution in [0, 0.1) is 6.92 Å². The van der Waals surface area contributed by atoms with Crippen molar-refractivity contribution in [1.82, 2.24) is 14.2 Å². The molecule has 2 fully saturated rings. The molecule has 0 aromatic carbocycles. The van der Waals surface area contributed by atoms with Gasteiger partial charge in [-0.3, -0.25) is 14.3 Å². The largest absolute Gasteiger partial charge is 0.352 e. The Bertz CT molecular complexity index is 941. The maximum absolute atomic E-state index is 12.6. The maximum atomic E-state index is 12.6. The van der Waals surface area contributed by atoms with Gasteiger partial charge in [0.15, 0.2) is 0 Å². The minimum Gasteiger partial charge on any atom is -0.352 e. The van der Waals surface area contributed by atoms with Gasteiger partial charge in [0.1, 0.15) is 6.23 Å². The average molecular weight is 500 g/mol. The molecule has 33 heavy (non-hydrogen) atoms. The number of aromatic nitrogens is 2. The Morgan fingerprint density at radius 3 is 2.58 bits per heavy atom. The number of hydrogen-bond acceptors (Lipinski definition) is 6. The number of nitrogens with one attached hydrogen (secondary N) is 1. The third-order valence-corrected chi connectivity index (χ3v) is 15.0. The van der Waals surface area contributed by atoms with E-state index in [9.17, 15) is 9.59 Å². The quantitative estimate of drug-likeness (QED) is 0.448. The van der Waals surface area contributed by atoms with Crippen molar-refractivity contribution in [2.75, 3.05) is 6.54 Å². The molecule has 1 aromatic heterocycles. The van der Waals surface area contributed by atoms with Gasteiger partial charge in [0.2, 0.25) is 0 Å². The van der Waals surface area contributed by atoms with Gasteiger partial charge < -0.3 is 13.8 Å². The number of H-pyrrole nitrogens is 1. The highest BCUT2D eigenvalue weighted by Crippen LogP contribution is 2.53. The molecule has 8 nitrogen and oxygen atoms in total. The van der Waals surface area contributed by atoms with E-state index in [0.29, 0.717) is 18.0 Å². The van der Waals surface area contributed by atoms with Crippen molar-refractivity contribution in [3.05, 3.63) is 32.6 Å². The molecule has 5 atom stereocenters. The summed E-state index contributed by atoms with van der Waals surface area (Å²) in [7, 11) is -2.90. The molecule has 0 spiro atoms. The molecule has 3 rings (SSSR count). The van der Waals surface area contributed by atoms with Crippen molar-refractivity contribution in [2.45, 2.75) is 116 Å². The molecule has 1 N–H and O–H groups in total. The van der Waals surface area contributed by atoms with Crippen molar-refractivity contribution in [2.24, 2.45) is 0 Å². The molecule has 0 aliphatic carbocycles. The first-order chi connectivity index (χ1) is 15.2. The number of rotatable bonds is 6. The average Bonchev–Trinajstić information content (AvgIpc) is 3.05. The summed E-state index contributed by atoms with van der Waals surface area (Å²) in [6.07, 6.45) is 2.51. The zero-order valence-corrected chi connectivity index (χ0v) is 23.6. The molecule has 2 aliphatic rings. The van der Waals surface area contributed by atoms with Gasteiger partial charge in [0.05, 0.1) is 26.4 Å². The molecule has 10 heteroatoms. The lowest BCUT2D eigenvalue weighted by Crippen LogP contribution is -2.43. The molecule has 0 saturated carbocycles. The van der Waals surface area contributed by atoms with E-state index in [2.05, 4.69) is 64.3 Å². The van der Waals surface area contributed by atoms with Crippen molar-refractivity contribution in [3.8, 4) is 0 Å². The summed E-state index contributed by atoms with van der Waals surface area (Å²) < 4.78 is 23.3. The molecular weight excluding hydrogens is 457 g/mol. The predicted octanol–water partition coefficient (Wildman–Crippen LogP) is 4.77. The van der Waals surface area contributed by atoms with Crippen molar-refractivity contribution < 1.29 is 13.8 Å². The van der Waals surface area contributed by atoms with Crippen LogP contribution in [0.5, 0.6) is 0 Å². The van der Waals surface area contributed by atoms with Crippen molar-refractivity contribution in [3.63, 3.8) is 0 Å². The Morgan fingerprint density at radius 2 is 1.97 bits per heavy atom. The number of ether oxygens (including phenoxy) is 1. The third-order valence-electron chi connectivity index (χ3n) is 7.44. The first kappa shape index (κ1) is 26.8. The molecule has 2 saturated heterocycles. The molecule has 188 valence electrons. The minimum atomic E-state index is -1.69. The highest BCUT2D eigenvalue weighted by atomic mass is 31.2. The number of aryl methyl sites for hydroxylation is 1. The van der Waals surface area contributed by atoms with Gasteiger partial charge in [-0.2, -0.15) is 0 Å². The van der Waals surface area contributed by atoms with Gasteiger partial charge in [0.25, 0.3) is 14.1 Å². The Hall–Kier alpha value is -0.833. The fraction of sp³-hybridized carbons (Fsp3) is 0.826. The smallest absolute Gasteiger partial charge is 0.330 e. The predicted molar refractivity (Wildman–Crippen MR) is 135 cm³/mol. The van der Waals surface area contributed by atoms with Crippen LogP contribution in [0.15, 0.2) is 15.8 Å². The van der Waals surface area contributed by atoms with Crippen LogP contribution in [0.2, 0.25) is 24.2 Å². The molecule has 2 aliphatic heterocycles. The second-order valence-corrected chi connectivity index (χ2v) is 18.6. The first-order valence-electron chi connectivity index (χ1n) is 12.1. The molecular formula is C23H42N3O5PSi. The monoisotopic (exact) mass is 499 g/mol. The Kier molecular flexibility index (Phi) is 8.14. The second kappa shape index (κ2) is 10.0. The van der Waals surface area contributed by atoms with E-state index in [1.165, 1.54) is 4.57 Å². The van der Waals surface area contributed by atoms with Gasteiger partial charge in [-0.1, -0.05) is 33.9 Å². The fourth-order valence-corrected chi connectivity index (χ4v) is 7.88. The lowest BCUT2D eigenvalue weighted by Gasteiger charge is -2.42. The Morgan fingerprint density at radius 1 is 1.30 bits per heavy atom. The lowest BCUT2D eigenvalue weighted by molar-refractivity contribution is -0.0119. The van der Waals surface area contributed by atoms with Crippen molar-refractivity contribution >= 4 is 16.6 Å². The van der Waals surface area contributed by atoms with E-state index >= 15 is 0 Å². The van der Waals surface area contributed by atoms with Gasteiger partial charge in [-0.05, 0) is 45.2 Å². The van der Waals surface area contributed by atoms with Gasteiger partial charge in [0, 0.05) is 30.8 Å². The summed E-state index contributed by atoms with van der Waals surface area (Å²) in [5.74, 6) is 0. The Labute approximate surface area is 200 Å². The van der Waals surface area contributed by atoms with Gasteiger partial charge >= 0.3 is 5.69 Å².